The van der Waals surface area contributed by atoms with E-state index in [-0.39, 0.29) is 16.7 Å². The molecule has 4 heteroatoms. The molecule has 0 unspecified atom stereocenters. The van der Waals surface area contributed by atoms with Gasteiger partial charge in [0.15, 0.2) is 5.78 Å². The molecular formula is C9H7BrClFO. The second kappa shape index (κ2) is 4.20. The van der Waals surface area contributed by atoms with E-state index in [0.29, 0.717) is 10.6 Å². The minimum Gasteiger partial charge on any atom is -0.293 e. The Hall–Kier alpha value is -0.410. The van der Waals surface area contributed by atoms with Gasteiger partial charge in [-0.3, -0.25) is 4.79 Å². The molecule has 0 radical (unpaired) electrons. The third-order valence-electron chi connectivity index (χ3n) is 1.67. The summed E-state index contributed by atoms with van der Waals surface area (Å²) in [7, 11) is 0. The van der Waals surface area contributed by atoms with E-state index in [1.54, 1.807) is 6.92 Å². The van der Waals surface area contributed by atoms with Gasteiger partial charge in [-0.05, 0) is 24.6 Å². The molecule has 0 saturated carbocycles. The molecule has 0 N–H and O–H groups in total. The van der Waals surface area contributed by atoms with Crippen LogP contribution < -0.4 is 0 Å². The highest BCUT2D eigenvalue weighted by molar-refractivity contribution is 9.09. The van der Waals surface area contributed by atoms with Crippen LogP contribution in [0.2, 0.25) is 5.02 Å². The fourth-order valence-electron chi connectivity index (χ4n) is 0.932. The van der Waals surface area contributed by atoms with E-state index in [2.05, 4.69) is 15.9 Å². The molecule has 0 amide bonds. The number of carbonyl (C=O) groups is 1. The maximum absolute atomic E-state index is 13.2. The van der Waals surface area contributed by atoms with Gasteiger partial charge in [-0.1, -0.05) is 27.5 Å². The highest BCUT2D eigenvalue weighted by Crippen LogP contribution is 2.20. The molecular weight excluding hydrogens is 258 g/mol. The summed E-state index contributed by atoms with van der Waals surface area (Å²) in [6.45, 7) is 1.69. The Bertz CT molecular complexity index is 352. The third-order valence-corrected chi connectivity index (χ3v) is 2.59. The number of carbonyl (C=O) groups excluding carboxylic acids is 1. The molecule has 13 heavy (non-hydrogen) atoms. The summed E-state index contributed by atoms with van der Waals surface area (Å²) in [5.41, 5.74) is 0.665. The van der Waals surface area contributed by atoms with Crippen molar-refractivity contribution < 1.29 is 9.18 Å². The van der Waals surface area contributed by atoms with Crippen molar-refractivity contribution in [1.29, 1.82) is 0 Å². The molecule has 0 aliphatic carbocycles. The molecule has 1 aromatic rings. The average Bonchev–Trinajstić information content (AvgIpc) is 2.10. The van der Waals surface area contributed by atoms with Crippen LogP contribution >= 0.6 is 27.5 Å². The van der Waals surface area contributed by atoms with Crippen molar-refractivity contribution in [3.05, 3.63) is 34.1 Å². The summed E-state index contributed by atoms with van der Waals surface area (Å²) in [6, 6.07) is 2.62. The predicted octanol–water partition coefficient (Wildman–Crippen LogP) is 3.37. The molecule has 1 aromatic carbocycles. The van der Waals surface area contributed by atoms with E-state index in [0.717, 1.165) is 0 Å². The predicted molar refractivity (Wildman–Crippen MR) is 54.3 cm³/mol. The minimum atomic E-state index is -0.522. The Kier molecular flexibility index (Phi) is 3.45. The van der Waals surface area contributed by atoms with E-state index in [9.17, 15) is 9.18 Å². The summed E-state index contributed by atoms with van der Waals surface area (Å²) < 4.78 is 13.2. The van der Waals surface area contributed by atoms with Gasteiger partial charge in [0.2, 0.25) is 0 Å². The molecule has 0 saturated heterocycles. The maximum Gasteiger partial charge on any atom is 0.176 e. The van der Waals surface area contributed by atoms with E-state index in [1.165, 1.54) is 12.1 Å². The average molecular weight is 266 g/mol. The van der Waals surface area contributed by atoms with Crippen molar-refractivity contribution >= 4 is 33.3 Å². The van der Waals surface area contributed by atoms with Crippen LogP contribution in [0.15, 0.2) is 12.1 Å². The lowest BCUT2D eigenvalue weighted by molar-refractivity contribution is 0.102. The van der Waals surface area contributed by atoms with E-state index in [1.807, 2.05) is 0 Å². The second-order valence-electron chi connectivity index (χ2n) is 2.64. The minimum absolute atomic E-state index is 0.0347. The molecule has 1 rings (SSSR count). The summed E-state index contributed by atoms with van der Waals surface area (Å²) >= 11 is 8.72. The standard InChI is InChI=1S/C9H7BrClFO/c1-5-2-8(12)6(3-7(5)11)9(13)4-10/h2-3H,4H2,1H3. The maximum atomic E-state index is 13.2. The van der Waals surface area contributed by atoms with Crippen molar-refractivity contribution in [2.75, 3.05) is 5.33 Å². The molecule has 0 fully saturated rings. The van der Waals surface area contributed by atoms with Crippen molar-refractivity contribution in [2.24, 2.45) is 0 Å². The first-order valence-corrected chi connectivity index (χ1v) is 5.11. The van der Waals surface area contributed by atoms with E-state index >= 15 is 0 Å². The molecule has 0 spiro atoms. The van der Waals surface area contributed by atoms with Crippen LogP contribution in [0.3, 0.4) is 0 Å². The first-order valence-electron chi connectivity index (χ1n) is 3.61. The Morgan fingerprint density at radius 2 is 2.23 bits per heavy atom. The van der Waals surface area contributed by atoms with Crippen LogP contribution in [0.4, 0.5) is 4.39 Å². The van der Waals surface area contributed by atoms with Gasteiger partial charge in [0.25, 0.3) is 0 Å². The highest BCUT2D eigenvalue weighted by atomic mass is 79.9. The quantitative estimate of drug-likeness (QED) is 0.592. The zero-order valence-electron chi connectivity index (χ0n) is 6.90. The smallest absolute Gasteiger partial charge is 0.176 e. The first-order chi connectivity index (χ1) is 6.06. The molecule has 0 bridgehead atoms. The van der Waals surface area contributed by atoms with Crippen LogP contribution in [0.5, 0.6) is 0 Å². The zero-order valence-corrected chi connectivity index (χ0v) is 9.25. The van der Waals surface area contributed by atoms with Gasteiger partial charge < -0.3 is 0 Å². The normalized spacial score (nSPS) is 10.2. The number of ketones is 1. The number of alkyl halides is 1. The molecule has 0 aliphatic heterocycles. The Morgan fingerprint density at radius 1 is 1.62 bits per heavy atom. The van der Waals surface area contributed by atoms with Gasteiger partial charge >= 0.3 is 0 Å². The van der Waals surface area contributed by atoms with Crippen LogP contribution in [0.25, 0.3) is 0 Å². The summed E-state index contributed by atoms with van der Waals surface area (Å²) in [4.78, 5) is 11.2. The number of Topliss-reactive ketones (excluding diaryl/α,β-unsaturated/α-hetero) is 1. The summed E-state index contributed by atoms with van der Waals surface area (Å²) in [5.74, 6) is -0.828. The van der Waals surface area contributed by atoms with Crippen LogP contribution in [-0.4, -0.2) is 11.1 Å². The lowest BCUT2D eigenvalue weighted by Gasteiger charge is -2.03. The van der Waals surface area contributed by atoms with Gasteiger partial charge in [0, 0.05) is 5.02 Å². The highest BCUT2D eigenvalue weighted by Gasteiger charge is 2.12. The van der Waals surface area contributed by atoms with Gasteiger partial charge in [-0.15, -0.1) is 0 Å². The molecule has 0 aromatic heterocycles. The Balaban J connectivity index is 3.23. The van der Waals surface area contributed by atoms with Crippen molar-refractivity contribution in [3.63, 3.8) is 0 Å². The number of aryl methyl sites for hydroxylation is 1. The van der Waals surface area contributed by atoms with E-state index < -0.39 is 5.82 Å². The summed E-state index contributed by atoms with van der Waals surface area (Å²) in [6.07, 6.45) is 0. The number of hydrogen-bond acceptors (Lipinski definition) is 1. The van der Waals surface area contributed by atoms with Gasteiger partial charge in [-0.2, -0.15) is 0 Å². The largest absolute Gasteiger partial charge is 0.293 e. The second-order valence-corrected chi connectivity index (χ2v) is 3.61. The fraction of sp³-hybridized carbons (Fsp3) is 0.222. The summed E-state index contributed by atoms with van der Waals surface area (Å²) in [5, 5.41) is 0.509. The zero-order chi connectivity index (χ0) is 10.0. The molecule has 0 atom stereocenters. The number of benzene rings is 1. The number of halogens is 3. The molecule has 0 aliphatic rings. The fourth-order valence-corrected chi connectivity index (χ4v) is 1.40. The van der Waals surface area contributed by atoms with Gasteiger partial charge in [0.1, 0.15) is 5.82 Å². The number of hydrogen-bond donors (Lipinski definition) is 0. The van der Waals surface area contributed by atoms with E-state index in [4.69, 9.17) is 11.6 Å². The Labute approximate surface area is 89.0 Å². The van der Waals surface area contributed by atoms with Crippen molar-refractivity contribution in [1.82, 2.24) is 0 Å². The lowest BCUT2D eigenvalue weighted by atomic mass is 10.1. The van der Waals surface area contributed by atoms with Crippen molar-refractivity contribution in [2.45, 2.75) is 6.92 Å². The first kappa shape index (κ1) is 10.7. The molecule has 1 nitrogen and oxygen atoms in total. The topological polar surface area (TPSA) is 17.1 Å². The number of rotatable bonds is 2. The third kappa shape index (κ3) is 2.29. The molecule has 0 heterocycles. The van der Waals surface area contributed by atoms with Gasteiger partial charge in [-0.25, -0.2) is 4.39 Å². The van der Waals surface area contributed by atoms with Crippen LogP contribution in [-0.2, 0) is 0 Å². The van der Waals surface area contributed by atoms with Gasteiger partial charge in [0.05, 0.1) is 10.9 Å². The van der Waals surface area contributed by atoms with Crippen LogP contribution in [0, 0.1) is 12.7 Å². The van der Waals surface area contributed by atoms with Crippen molar-refractivity contribution in [3.8, 4) is 0 Å². The molecule has 70 valence electrons. The lowest BCUT2D eigenvalue weighted by Crippen LogP contribution is -2.03. The van der Waals surface area contributed by atoms with Crippen LogP contribution in [0.1, 0.15) is 15.9 Å². The monoisotopic (exact) mass is 264 g/mol. The SMILES string of the molecule is Cc1cc(F)c(C(=O)CBr)cc1Cl. The Morgan fingerprint density at radius 3 is 2.77 bits per heavy atom.